The van der Waals surface area contributed by atoms with Gasteiger partial charge >= 0.3 is 18.0 Å². The molecule has 0 aliphatic rings. The van der Waals surface area contributed by atoms with Gasteiger partial charge in [0.05, 0.1) is 4.21 Å². The highest BCUT2D eigenvalue weighted by molar-refractivity contribution is 8.15. The van der Waals surface area contributed by atoms with Gasteiger partial charge in [-0.25, -0.2) is 0 Å². The monoisotopic (exact) mass is 312 g/mol. The maximum absolute atomic E-state index is 12.8. The summed E-state index contributed by atoms with van der Waals surface area (Å²) in [5.74, 6) is -12.2. The molecule has 102 valence electrons. The van der Waals surface area contributed by atoms with Crippen molar-refractivity contribution >= 4 is 28.2 Å². The maximum atomic E-state index is 12.8. The minimum Gasteiger partial charge on any atom is -0.280 e. The number of thiophene rings is 1. The molecule has 0 bridgehead atoms. The zero-order valence-electron chi connectivity index (χ0n) is 8.10. The summed E-state index contributed by atoms with van der Waals surface area (Å²) in [5.41, 5.74) is 0. The Labute approximate surface area is 104 Å². The molecule has 18 heavy (non-hydrogen) atoms. The van der Waals surface area contributed by atoms with E-state index in [1.807, 2.05) is 0 Å². The van der Waals surface area contributed by atoms with Gasteiger partial charge in [0.15, 0.2) is 0 Å². The van der Waals surface area contributed by atoms with Gasteiger partial charge in [-0.15, -0.1) is 11.3 Å². The van der Waals surface area contributed by atoms with Crippen LogP contribution in [0.4, 0.5) is 30.7 Å². The van der Waals surface area contributed by atoms with Crippen LogP contribution < -0.4 is 0 Å². The van der Waals surface area contributed by atoms with Crippen LogP contribution in [0.5, 0.6) is 0 Å². The summed E-state index contributed by atoms with van der Waals surface area (Å²) in [6.45, 7) is 0. The molecule has 1 nitrogen and oxygen atoms in total. The first-order valence-electron chi connectivity index (χ1n) is 4.08. The number of hydrogen-bond donors (Lipinski definition) is 0. The lowest BCUT2D eigenvalue weighted by Crippen LogP contribution is -2.55. The highest BCUT2D eigenvalue weighted by Crippen LogP contribution is 2.49. The number of alkyl halides is 7. The Hall–Kier alpha value is -0.770. The van der Waals surface area contributed by atoms with Gasteiger partial charge in [-0.1, -0.05) is 6.07 Å². The first kappa shape index (κ1) is 15.3. The Morgan fingerprint density at radius 3 is 2.06 bits per heavy atom. The molecule has 0 fully saturated rings. The molecular formula is C8H3F7OS2. The van der Waals surface area contributed by atoms with Crippen molar-refractivity contribution in [3.05, 3.63) is 17.5 Å². The van der Waals surface area contributed by atoms with Gasteiger partial charge in [-0.2, -0.15) is 30.7 Å². The minimum absolute atomic E-state index is 0.0994. The van der Waals surface area contributed by atoms with Crippen molar-refractivity contribution in [3.8, 4) is 0 Å². The van der Waals surface area contributed by atoms with Crippen molar-refractivity contribution in [2.45, 2.75) is 22.2 Å². The smallest absolute Gasteiger partial charge is 0.280 e. The zero-order chi connectivity index (χ0) is 14.2. The van der Waals surface area contributed by atoms with Crippen molar-refractivity contribution in [2.75, 3.05) is 0 Å². The quantitative estimate of drug-likeness (QED) is 0.614. The van der Waals surface area contributed by atoms with Crippen LogP contribution in [0.2, 0.25) is 0 Å². The SMILES string of the molecule is O=C(Sc1cccs1)C(F)(F)C(F)(F)C(F)(F)F. The number of halogens is 7. The second kappa shape index (κ2) is 4.72. The number of thioether (sulfide) groups is 1. The van der Waals surface area contributed by atoms with Gasteiger partial charge in [0.25, 0.3) is 5.12 Å². The Bertz CT molecular complexity index is 423. The van der Waals surface area contributed by atoms with Crippen LogP contribution in [0, 0.1) is 0 Å². The Kier molecular flexibility index (Phi) is 4.01. The van der Waals surface area contributed by atoms with E-state index < -0.39 is 23.1 Å². The molecule has 10 heteroatoms. The Morgan fingerprint density at radius 2 is 1.67 bits per heavy atom. The third-order valence-electron chi connectivity index (χ3n) is 1.70. The van der Waals surface area contributed by atoms with E-state index in [1.165, 1.54) is 11.4 Å². The number of carbonyl (C=O) groups is 1. The lowest BCUT2D eigenvalue weighted by atomic mass is 10.2. The van der Waals surface area contributed by atoms with E-state index in [-0.39, 0.29) is 16.0 Å². The zero-order valence-corrected chi connectivity index (χ0v) is 9.74. The lowest BCUT2D eigenvalue weighted by molar-refractivity contribution is -0.341. The molecule has 0 N–H and O–H groups in total. The van der Waals surface area contributed by atoms with Crippen molar-refractivity contribution < 1.29 is 35.5 Å². The summed E-state index contributed by atoms with van der Waals surface area (Å²) in [4.78, 5) is 10.9. The average molecular weight is 312 g/mol. The molecule has 1 heterocycles. The van der Waals surface area contributed by atoms with E-state index in [0.717, 1.165) is 17.4 Å². The predicted octanol–water partition coefficient (Wildman–Crippen LogP) is 4.20. The van der Waals surface area contributed by atoms with Crippen LogP contribution in [-0.4, -0.2) is 23.1 Å². The Morgan fingerprint density at radius 1 is 1.11 bits per heavy atom. The molecule has 0 saturated carbocycles. The summed E-state index contributed by atoms with van der Waals surface area (Å²) in [6, 6.07) is 2.48. The van der Waals surface area contributed by atoms with Crippen molar-refractivity contribution in [1.82, 2.24) is 0 Å². The van der Waals surface area contributed by atoms with Crippen molar-refractivity contribution in [2.24, 2.45) is 0 Å². The van der Waals surface area contributed by atoms with Gasteiger partial charge in [0.1, 0.15) is 0 Å². The summed E-state index contributed by atoms with van der Waals surface area (Å²) in [6.07, 6.45) is -6.50. The fourth-order valence-corrected chi connectivity index (χ4v) is 2.40. The predicted molar refractivity (Wildman–Crippen MR) is 51.1 cm³/mol. The number of carbonyl (C=O) groups excluding carboxylic acids is 1. The Balaban J connectivity index is 2.96. The average Bonchev–Trinajstić information content (AvgIpc) is 2.68. The van der Waals surface area contributed by atoms with Crippen LogP contribution in [-0.2, 0) is 4.79 Å². The van der Waals surface area contributed by atoms with Crippen LogP contribution >= 0.6 is 23.1 Å². The van der Waals surface area contributed by atoms with Gasteiger partial charge in [-0.05, 0) is 23.2 Å². The molecule has 1 rings (SSSR count). The third-order valence-corrected chi connectivity index (χ3v) is 3.67. The molecular weight excluding hydrogens is 309 g/mol. The largest absolute Gasteiger partial charge is 0.460 e. The summed E-state index contributed by atoms with van der Waals surface area (Å²) in [5, 5.41) is -1.19. The normalized spacial score (nSPS) is 13.7. The van der Waals surface area contributed by atoms with Crippen LogP contribution in [0.25, 0.3) is 0 Å². The van der Waals surface area contributed by atoms with Crippen LogP contribution in [0.3, 0.4) is 0 Å². The van der Waals surface area contributed by atoms with Gasteiger partial charge < -0.3 is 0 Å². The highest BCUT2D eigenvalue weighted by atomic mass is 32.2. The molecule has 0 radical (unpaired) electrons. The van der Waals surface area contributed by atoms with E-state index in [1.54, 1.807) is 0 Å². The third kappa shape index (κ3) is 2.63. The van der Waals surface area contributed by atoms with E-state index in [0.29, 0.717) is 0 Å². The molecule has 1 aromatic heterocycles. The molecule has 0 saturated heterocycles. The number of rotatable bonds is 3. The molecule has 0 aromatic carbocycles. The van der Waals surface area contributed by atoms with Crippen LogP contribution in [0.15, 0.2) is 21.7 Å². The van der Waals surface area contributed by atoms with Gasteiger partial charge in [0, 0.05) is 0 Å². The standard InChI is InChI=1S/C8H3F7OS2/c9-6(10,7(11,12)8(13,14)15)5(16)18-4-2-1-3-17-4/h1-3H. The van der Waals surface area contributed by atoms with Crippen molar-refractivity contribution in [1.29, 1.82) is 0 Å². The fraction of sp³-hybridized carbons (Fsp3) is 0.375. The second-order valence-electron chi connectivity index (χ2n) is 2.97. The second-order valence-corrected chi connectivity index (χ2v) is 5.19. The van der Waals surface area contributed by atoms with E-state index in [2.05, 4.69) is 0 Å². The summed E-state index contributed by atoms with van der Waals surface area (Å²) in [7, 11) is 0. The van der Waals surface area contributed by atoms with Gasteiger partial charge in [-0.3, -0.25) is 4.79 Å². The van der Waals surface area contributed by atoms with Crippen LogP contribution in [0.1, 0.15) is 0 Å². The lowest BCUT2D eigenvalue weighted by Gasteiger charge is -2.26. The van der Waals surface area contributed by atoms with Crippen molar-refractivity contribution in [3.63, 3.8) is 0 Å². The molecule has 0 spiro atoms. The molecule has 1 aromatic rings. The molecule has 0 amide bonds. The first-order chi connectivity index (χ1) is 8.00. The maximum Gasteiger partial charge on any atom is 0.460 e. The molecule has 0 aliphatic heterocycles. The van der Waals surface area contributed by atoms with E-state index in [9.17, 15) is 35.5 Å². The number of hydrogen-bond acceptors (Lipinski definition) is 3. The molecule has 0 aliphatic carbocycles. The minimum atomic E-state index is -6.50. The van der Waals surface area contributed by atoms with E-state index >= 15 is 0 Å². The first-order valence-corrected chi connectivity index (χ1v) is 5.78. The molecule has 0 unspecified atom stereocenters. The fourth-order valence-electron chi connectivity index (χ4n) is 0.783. The summed E-state index contributed by atoms with van der Waals surface area (Å²) >= 11 is 0.418. The molecule has 0 atom stereocenters. The summed E-state index contributed by atoms with van der Waals surface area (Å²) < 4.78 is 85.9. The van der Waals surface area contributed by atoms with Gasteiger partial charge in [0.2, 0.25) is 0 Å². The van der Waals surface area contributed by atoms with E-state index in [4.69, 9.17) is 0 Å². The highest BCUT2D eigenvalue weighted by Gasteiger charge is 2.76. The topological polar surface area (TPSA) is 17.1 Å².